The van der Waals surface area contributed by atoms with Gasteiger partial charge in [-0.15, -0.1) is 0 Å². The Bertz CT molecular complexity index is 225. The van der Waals surface area contributed by atoms with Gasteiger partial charge in [0.1, 0.15) is 0 Å². The molecule has 0 aromatic carbocycles. The number of amides is 2. The molecule has 3 nitrogen and oxygen atoms in total. The molecule has 2 fully saturated rings. The summed E-state index contributed by atoms with van der Waals surface area (Å²) in [6.07, 6.45) is 4.75. The summed E-state index contributed by atoms with van der Waals surface area (Å²) in [6.45, 7) is 5.31. The first-order chi connectivity index (χ1) is 6.66. The van der Waals surface area contributed by atoms with E-state index in [9.17, 15) is 4.79 Å². The van der Waals surface area contributed by atoms with Crippen LogP contribution in [-0.2, 0) is 0 Å². The zero-order chi connectivity index (χ0) is 10.1. The summed E-state index contributed by atoms with van der Waals surface area (Å²) >= 11 is 0. The van der Waals surface area contributed by atoms with E-state index < -0.39 is 0 Å². The molecule has 1 aliphatic heterocycles. The van der Waals surface area contributed by atoms with Gasteiger partial charge in [-0.25, -0.2) is 4.79 Å². The maximum atomic E-state index is 11.8. The monoisotopic (exact) mass is 196 g/mol. The molecule has 1 aliphatic carbocycles. The highest BCUT2D eigenvalue weighted by atomic mass is 16.2. The number of carbonyl (C=O) groups is 1. The third kappa shape index (κ3) is 2.20. The number of piperidine rings is 1. The minimum Gasteiger partial charge on any atom is -0.335 e. The van der Waals surface area contributed by atoms with Gasteiger partial charge < -0.3 is 10.2 Å². The van der Waals surface area contributed by atoms with E-state index in [1.807, 2.05) is 4.90 Å². The molecule has 80 valence electrons. The maximum Gasteiger partial charge on any atom is 0.317 e. The summed E-state index contributed by atoms with van der Waals surface area (Å²) in [4.78, 5) is 13.8. The van der Waals surface area contributed by atoms with Crippen molar-refractivity contribution in [2.24, 2.45) is 5.92 Å². The average Bonchev–Trinajstić information content (AvgIpc) is 2.93. The van der Waals surface area contributed by atoms with E-state index in [1.54, 1.807) is 0 Å². The van der Waals surface area contributed by atoms with Gasteiger partial charge in [0.15, 0.2) is 0 Å². The molecule has 1 N–H and O–H groups in total. The van der Waals surface area contributed by atoms with Gasteiger partial charge in [-0.05, 0) is 38.5 Å². The molecule has 1 heterocycles. The van der Waals surface area contributed by atoms with Crippen LogP contribution in [0.1, 0.15) is 39.5 Å². The first-order valence-electron chi connectivity index (χ1n) is 5.74. The van der Waals surface area contributed by atoms with Crippen molar-refractivity contribution in [3.05, 3.63) is 0 Å². The summed E-state index contributed by atoms with van der Waals surface area (Å²) in [5.74, 6) is 0.663. The van der Waals surface area contributed by atoms with Crippen LogP contribution in [0.5, 0.6) is 0 Å². The van der Waals surface area contributed by atoms with Gasteiger partial charge >= 0.3 is 6.03 Å². The van der Waals surface area contributed by atoms with E-state index in [2.05, 4.69) is 19.2 Å². The molecule has 2 unspecified atom stereocenters. The normalized spacial score (nSPS) is 32.9. The molecule has 2 rings (SSSR count). The third-order valence-corrected chi connectivity index (χ3v) is 3.28. The van der Waals surface area contributed by atoms with Gasteiger partial charge in [-0.3, -0.25) is 0 Å². The lowest BCUT2D eigenvalue weighted by Crippen LogP contribution is -2.50. The summed E-state index contributed by atoms with van der Waals surface area (Å²) in [5, 5.41) is 3.06. The van der Waals surface area contributed by atoms with Crippen LogP contribution >= 0.6 is 0 Å². The number of likely N-dealkylation sites (tertiary alicyclic amines) is 1. The second kappa shape index (κ2) is 3.79. The van der Waals surface area contributed by atoms with Crippen molar-refractivity contribution in [2.75, 3.05) is 6.54 Å². The highest BCUT2D eigenvalue weighted by Gasteiger charge is 2.30. The van der Waals surface area contributed by atoms with Crippen molar-refractivity contribution >= 4 is 6.03 Å². The number of carbonyl (C=O) groups excluding carboxylic acids is 1. The molecule has 2 amide bonds. The van der Waals surface area contributed by atoms with Crippen molar-refractivity contribution in [1.82, 2.24) is 10.2 Å². The summed E-state index contributed by atoms with van der Waals surface area (Å²) in [7, 11) is 0. The van der Waals surface area contributed by atoms with Gasteiger partial charge in [0.05, 0.1) is 0 Å². The summed E-state index contributed by atoms with van der Waals surface area (Å²) in [5.41, 5.74) is 0. The van der Waals surface area contributed by atoms with E-state index in [0.29, 0.717) is 18.0 Å². The molecule has 1 saturated heterocycles. The lowest BCUT2D eigenvalue weighted by Gasteiger charge is -2.36. The predicted octanol–water partition coefficient (Wildman–Crippen LogP) is 1.98. The Kier molecular flexibility index (Phi) is 2.66. The molecule has 2 aliphatic rings. The Balaban J connectivity index is 1.88. The Morgan fingerprint density at radius 3 is 2.57 bits per heavy atom. The number of urea groups is 1. The van der Waals surface area contributed by atoms with Crippen molar-refractivity contribution in [1.29, 1.82) is 0 Å². The van der Waals surface area contributed by atoms with E-state index in [4.69, 9.17) is 0 Å². The minimum atomic E-state index is 0.159. The second-order valence-electron chi connectivity index (χ2n) is 4.91. The molecule has 3 heteroatoms. The fourth-order valence-electron chi connectivity index (χ4n) is 2.06. The van der Waals surface area contributed by atoms with Crippen LogP contribution in [0.4, 0.5) is 4.79 Å². The van der Waals surface area contributed by atoms with Crippen molar-refractivity contribution in [3.63, 3.8) is 0 Å². The summed E-state index contributed by atoms with van der Waals surface area (Å²) in [6, 6.07) is 1.06. The van der Waals surface area contributed by atoms with E-state index in [1.165, 1.54) is 19.3 Å². The molecule has 0 aromatic heterocycles. The number of hydrogen-bond donors (Lipinski definition) is 1. The number of rotatable bonds is 1. The fourth-order valence-corrected chi connectivity index (χ4v) is 2.06. The average molecular weight is 196 g/mol. The Morgan fingerprint density at radius 1 is 1.21 bits per heavy atom. The molecule has 14 heavy (non-hydrogen) atoms. The van der Waals surface area contributed by atoms with Crippen LogP contribution in [0.25, 0.3) is 0 Å². The lowest BCUT2D eigenvalue weighted by molar-refractivity contribution is 0.136. The smallest absolute Gasteiger partial charge is 0.317 e. The molecular formula is C11H20N2O. The Labute approximate surface area is 85.8 Å². The number of nitrogens with zero attached hydrogens (tertiary/aromatic N) is 1. The topological polar surface area (TPSA) is 32.3 Å². The Hall–Kier alpha value is -0.730. The minimum absolute atomic E-state index is 0.159. The quantitative estimate of drug-likeness (QED) is 0.683. The Morgan fingerprint density at radius 2 is 1.93 bits per heavy atom. The van der Waals surface area contributed by atoms with Crippen LogP contribution < -0.4 is 5.32 Å². The molecule has 0 bridgehead atoms. The van der Waals surface area contributed by atoms with Crippen LogP contribution in [0.15, 0.2) is 0 Å². The number of nitrogens with one attached hydrogen (secondary N) is 1. The van der Waals surface area contributed by atoms with Gasteiger partial charge in [0.25, 0.3) is 0 Å². The molecular weight excluding hydrogens is 176 g/mol. The first kappa shape index (κ1) is 9.81. The van der Waals surface area contributed by atoms with Crippen molar-refractivity contribution < 1.29 is 4.79 Å². The van der Waals surface area contributed by atoms with E-state index >= 15 is 0 Å². The summed E-state index contributed by atoms with van der Waals surface area (Å²) < 4.78 is 0. The van der Waals surface area contributed by atoms with Gasteiger partial charge in [-0.2, -0.15) is 0 Å². The van der Waals surface area contributed by atoms with E-state index in [-0.39, 0.29) is 6.03 Å². The van der Waals surface area contributed by atoms with Gasteiger partial charge in [0.2, 0.25) is 0 Å². The molecule has 0 aromatic rings. The second-order valence-corrected chi connectivity index (χ2v) is 4.91. The number of hydrogen-bond acceptors (Lipinski definition) is 1. The largest absolute Gasteiger partial charge is 0.335 e. The fraction of sp³-hybridized carbons (Fsp3) is 0.909. The zero-order valence-corrected chi connectivity index (χ0v) is 9.12. The van der Waals surface area contributed by atoms with Crippen LogP contribution in [0.2, 0.25) is 0 Å². The van der Waals surface area contributed by atoms with Crippen molar-refractivity contribution in [3.8, 4) is 0 Å². The van der Waals surface area contributed by atoms with Crippen molar-refractivity contribution in [2.45, 2.75) is 51.6 Å². The third-order valence-electron chi connectivity index (χ3n) is 3.28. The first-order valence-corrected chi connectivity index (χ1v) is 5.74. The van der Waals surface area contributed by atoms with E-state index in [0.717, 1.165) is 13.0 Å². The highest BCUT2D eigenvalue weighted by molar-refractivity contribution is 5.75. The predicted molar refractivity (Wildman–Crippen MR) is 56.1 cm³/mol. The molecule has 0 radical (unpaired) electrons. The SMILES string of the molecule is CC1CCC(C)N(C(=O)NC2CC2)C1. The van der Waals surface area contributed by atoms with Crippen LogP contribution in [0, 0.1) is 5.92 Å². The highest BCUT2D eigenvalue weighted by Crippen LogP contribution is 2.23. The van der Waals surface area contributed by atoms with Crippen LogP contribution in [0.3, 0.4) is 0 Å². The molecule has 2 atom stereocenters. The lowest BCUT2D eigenvalue weighted by atomic mass is 9.95. The molecule has 0 spiro atoms. The van der Waals surface area contributed by atoms with Gasteiger partial charge in [-0.1, -0.05) is 6.92 Å². The van der Waals surface area contributed by atoms with Crippen LogP contribution in [-0.4, -0.2) is 29.6 Å². The maximum absolute atomic E-state index is 11.8. The molecule has 1 saturated carbocycles. The standard InChI is InChI=1S/C11H20N2O/c1-8-3-4-9(2)13(7-8)11(14)12-10-5-6-10/h8-10H,3-7H2,1-2H3,(H,12,14). The zero-order valence-electron chi connectivity index (χ0n) is 9.12. The van der Waals surface area contributed by atoms with Gasteiger partial charge in [0, 0.05) is 18.6 Å².